The summed E-state index contributed by atoms with van der Waals surface area (Å²) in [6, 6.07) is 6.59. The normalized spacial score (nSPS) is 18.2. The van der Waals surface area contributed by atoms with E-state index in [1.807, 2.05) is 26.0 Å². The van der Waals surface area contributed by atoms with Crippen LogP contribution in [0, 0.1) is 17.2 Å². The largest absolute Gasteiger partial charge is 0.299 e. The van der Waals surface area contributed by atoms with E-state index in [4.69, 9.17) is 0 Å². The second kappa shape index (κ2) is 5.21. The molecule has 0 heterocycles. The number of carbonyl (C=O) groups is 1. The van der Waals surface area contributed by atoms with Crippen LogP contribution in [0.3, 0.4) is 0 Å². The first-order chi connectivity index (χ1) is 8.53. The van der Waals surface area contributed by atoms with Crippen molar-refractivity contribution in [3.8, 4) is 0 Å². The maximum atomic E-state index is 12.9. The summed E-state index contributed by atoms with van der Waals surface area (Å²) in [5.74, 6) is 0.252. The van der Waals surface area contributed by atoms with Gasteiger partial charge in [-0.3, -0.25) is 4.79 Å². The van der Waals surface area contributed by atoms with Crippen molar-refractivity contribution in [1.82, 2.24) is 0 Å². The lowest BCUT2D eigenvalue weighted by atomic mass is 9.73. The molecule has 1 aliphatic rings. The van der Waals surface area contributed by atoms with Gasteiger partial charge in [0.15, 0.2) is 0 Å². The fraction of sp³-hybridized carbons (Fsp3) is 0.562. The first kappa shape index (κ1) is 13.3. The Bertz CT molecular complexity index is 413. The molecule has 1 aromatic carbocycles. The van der Waals surface area contributed by atoms with Crippen molar-refractivity contribution in [3.05, 3.63) is 35.6 Å². The smallest absolute Gasteiger partial charge is 0.141 e. The molecule has 0 amide bonds. The van der Waals surface area contributed by atoms with Gasteiger partial charge in [0.2, 0.25) is 0 Å². The Morgan fingerprint density at radius 1 is 1.22 bits per heavy atom. The molecule has 0 unspecified atom stereocenters. The Balaban J connectivity index is 2.21. The molecule has 18 heavy (non-hydrogen) atoms. The summed E-state index contributed by atoms with van der Waals surface area (Å²) < 4.78 is 12.9. The highest BCUT2D eigenvalue weighted by molar-refractivity contribution is 5.87. The standard InChI is InChI=1S/C16H21FO/c1-12(2)15(18)16(9-3-4-10-16)11-13-5-7-14(17)8-6-13/h5-8,12H,3-4,9-11H2,1-2H3. The van der Waals surface area contributed by atoms with E-state index in [0.717, 1.165) is 37.7 Å². The van der Waals surface area contributed by atoms with E-state index in [9.17, 15) is 9.18 Å². The maximum absolute atomic E-state index is 12.9. The van der Waals surface area contributed by atoms with Gasteiger partial charge in [-0.1, -0.05) is 38.8 Å². The molecule has 0 saturated heterocycles. The van der Waals surface area contributed by atoms with Gasteiger partial charge in [0.05, 0.1) is 0 Å². The molecule has 0 radical (unpaired) electrons. The zero-order valence-corrected chi connectivity index (χ0v) is 11.2. The number of Topliss-reactive ketones (excluding diaryl/α,β-unsaturated/α-hetero) is 1. The molecule has 1 aliphatic carbocycles. The highest BCUT2D eigenvalue weighted by Gasteiger charge is 2.41. The van der Waals surface area contributed by atoms with Crippen LogP contribution in [0.15, 0.2) is 24.3 Å². The summed E-state index contributed by atoms with van der Waals surface area (Å²) >= 11 is 0. The molecule has 1 aromatic rings. The summed E-state index contributed by atoms with van der Waals surface area (Å²) in [5.41, 5.74) is 0.888. The first-order valence-electron chi connectivity index (χ1n) is 6.82. The van der Waals surface area contributed by atoms with Crippen LogP contribution < -0.4 is 0 Å². The third-order valence-corrected chi connectivity index (χ3v) is 4.06. The summed E-state index contributed by atoms with van der Waals surface area (Å²) in [5, 5.41) is 0. The second-order valence-electron chi connectivity index (χ2n) is 5.81. The number of hydrogen-bond acceptors (Lipinski definition) is 1. The van der Waals surface area contributed by atoms with Crippen LogP contribution in [-0.4, -0.2) is 5.78 Å². The number of hydrogen-bond donors (Lipinski definition) is 0. The van der Waals surface area contributed by atoms with Crippen molar-refractivity contribution < 1.29 is 9.18 Å². The molecule has 1 nitrogen and oxygen atoms in total. The molecule has 0 aliphatic heterocycles. The van der Waals surface area contributed by atoms with E-state index >= 15 is 0 Å². The van der Waals surface area contributed by atoms with E-state index in [2.05, 4.69) is 0 Å². The average Bonchev–Trinajstić information content (AvgIpc) is 2.81. The molecule has 0 N–H and O–H groups in total. The number of carbonyl (C=O) groups excluding carboxylic acids is 1. The van der Waals surface area contributed by atoms with Crippen molar-refractivity contribution in [3.63, 3.8) is 0 Å². The first-order valence-corrected chi connectivity index (χ1v) is 6.82. The molecule has 2 heteroatoms. The topological polar surface area (TPSA) is 17.1 Å². The maximum Gasteiger partial charge on any atom is 0.141 e. The lowest BCUT2D eigenvalue weighted by Crippen LogP contribution is -2.33. The van der Waals surface area contributed by atoms with Gasteiger partial charge in [0.25, 0.3) is 0 Å². The van der Waals surface area contributed by atoms with Gasteiger partial charge in [-0.25, -0.2) is 4.39 Å². The molecule has 0 aromatic heterocycles. The quantitative estimate of drug-likeness (QED) is 0.782. The van der Waals surface area contributed by atoms with E-state index in [-0.39, 0.29) is 17.2 Å². The lowest BCUT2D eigenvalue weighted by molar-refractivity contribution is -0.131. The molecule has 0 atom stereocenters. The Kier molecular flexibility index (Phi) is 3.84. The van der Waals surface area contributed by atoms with Gasteiger partial charge in [-0.2, -0.15) is 0 Å². The third kappa shape index (κ3) is 2.63. The Morgan fingerprint density at radius 3 is 2.28 bits per heavy atom. The van der Waals surface area contributed by atoms with Crippen molar-refractivity contribution >= 4 is 5.78 Å². The minimum absolute atomic E-state index is 0.0866. The van der Waals surface area contributed by atoms with Gasteiger partial charge in [-0.15, -0.1) is 0 Å². The second-order valence-corrected chi connectivity index (χ2v) is 5.81. The Labute approximate surface area is 108 Å². The zero-order valence-electron chi connectivity index (χ0n) is 11.2. The van der Waals surface area contributed by atoms with Crippen LogP contribution in [0.2, 0.25) is 0 Å². The average molecular weight is 248 g/mol. The zero-order chi connectivity index (χ0) is 13.2. The van der Waals surface area contributed by atoms with Crippen molar-refractivity contribution in [1.29, 1.82) is 0 Å². The van der Waals surface area contributed by atoms with Gasteiger partial charge in [0.1, 0.15) is 11.6 Å². The van der Waals surface area contributed by atoms with Crippen LogP contribution in [0.5, 0.6) is 0 Å². The van der Waals surface area contributed by atoms with E-state index in [1.165, 1.54) is 12.1 Å². The van der Waals surface area contributed by atoms with E-state index < -0.39 is 0 Å². The highest BCUT2D eigenvalue weighted by atomic mass is 19.1. The minimum Gasteiger partial charge on any atom is -0.299 e. The molecule has 1 saturated carbocycles. The van der Waals surface area contributed by atoms with Gasteiger partial charge >= 0.3 is 0 Å². The van der Waals surface area contributed by atoms with Crippen molar-refractivity contribution in [2.45, 2.75) is 46.0 Å². The van der Waals surface area contributed by atoms with Gasteiger partial charge in [-0.05, 0) is 37.0 Å². The van der Waals surface area contributed by atoms with Crippen molar-refractivity contribution in [2.24, 2.45) is 11.3 Å². The summed E-state index contributed by atoms with van der Waals surface area (Å²) in [6.07, 6.45) is 5.02. The van der Waals surface area contributed by atoms with Crippen LogP contribution in [-0.2, 0) is 11.2 Å². The monoisotopic (exact) mass is 248 g/mol. The summed E-state index contributed by atoms with van der Waals surface area (Å²) in [7, 11) is 0. The Morgan fingerprint density at radius 2 is 1.78 bits per heavy atom. The lowest BCUT2D eigenvalue weighted by Gasteiger charge is -2.29. The van der Waals surface area contributed by atoms with E-state index in [0.29, 0.717) is 5.78 Å². The van der Waals surface area contributed by atoms with Crippen molar-refractivity contribution in [2.75, 3.05) is 0 Å². The van der Waals surface area contributed by atoms with Crippen LogP contribution in [0.4, 0.5) is 4.39 Å². The van der Waals surface area contributed by atoms with Crippen LogP contribution >= 0.6 is 0 Å². The minimum atomic E-state index is -0.214. The molecule has 1 fully saturated rings. The molecule has 0 spiro atoms. The molecule has 98 valence electrons. The fourth-order valence-corrected chi connectivity index (χ4v) is 3.17. The number of benzene rings is 1. The summed E-state index contributed by atoms with van der Waals surface area (Å²) in [4.78, 5) is 12.5. The number of halogens is 1. The number of rotatable bonds is 4. The van der Waals surface area contributed by atoms with Gasteiger partial charge < -0.3 is 0 Å². The molecule has 2 rings (SSSR count). The SMILES string of the molecule is CC(C)C(=O)C1(Cc2ccc(F)cc2)CCCC1. The number of ketones is 1. The predicted octanol–water partition coefficient (Wildman–Crippen LogP) is 4.15. The van der Waals surface area contributed by atoms with Gasteiger partial charge in [0, 0.05) is 11.3 Å². The molecule has 0 bridgehead atoms. The predicted molar refractivity (Wildman–Crippen MR) is 70.9 cm³/mol. The van der Waals surface area contributed by atoms with E-state index in [1.54, 1.807) is 0 Å². The highest BCUT2D eigenvalue weighted by Crippen LogP contribution is 2.43. The van der Waals surface area contributed by atoms with Crippen LogP contribution in [0.1, 0.15) is 45.1 Å². The Hall–Kier alpha value is -1.18. The molecular weight excluding hydrogens is 227 g/mol. The molecular formula is C16H21FO. The third-order valence-electron chi connectivity index (χ3n) is 4.06. The van der Waals surface area contributed by atoms with Crippen LogP contribution in [0.25, 0.3) is 0 Å². The fourth-order valence-electron chi connectivity index (χ4n) is 3.17. The summed E-state index contributed by atoms with van der Waals surface area (Å²) in [6.45, 7) is 3.96.